The molecule has 0 bridgehead atoms. The van der Waals surface area contributed by atoms with E-state index in [1.807, 2.05) is 0 Å². The Morgan fingerprint density at radius 3 is 2.39 bits per heavy atom. The SMILES string of the molecule is NS(=O)(=O)c1ccc(C(=O)OCC(=O)Nc2ccc(Cl)cc2C(=O)c2ccccc2)o1. The topological polar surface area (TPSA) is 146 Å². The van der Waals surface area contributed by atoms with Gasteiger partial charge in [0.25, 0.3) is 15.9 Å². The summed E-state index contributed by atoms with van der Waals surface area (Å²) < 4.78 is 32.0. The number of ketones is 1. The Labute approximate surface area is 181 Å². The number of carbonyl (C=O) groups excluding carboxylic acids is 3. The van der Waals surface area contributed by atoms with Crippen molar-refractivity contribution in [3.05, 3.63) is 82.6 Å². The second-order valence-electron chi connectivity index (χ2n) is 6.17. The van der Waals surface area contributed by atoms with Gasteiger partial charge in [0, 0.05) is 16.1 Å². The highest BCUT2D eigenvalue weighted by molar-refractivity contribution is 7.89. The van der Waals surface area contributed by atoms with Crippen LogP contribution < -0.4 is 10.5 Å². The minimum absolute atomic E-state index is 0.155. The molecule has 1 aromatic heterocycles. The first-order chi connectivity index (χ1) is 14.6. The van der Waals surface area contributed by atoms with Gasteiger partial charge in [-0.2, -0.15) is 0 Å². The molecule has 0 saturated heterocycles. The smallest absolute Gasteiger partial charge is 0.374 e. The Bertz CT molecular complexity index is 1250. The lowest BCUT2D eigenvalue weighted by Gasteiger charge is -2.11. The van der Waals surface area contributed by atoms with Crippen LogP contribution in [0.3, 0.4) is 0 Å². The fraction of sp³-hybridized carbons (Fsp3) is 0.0500. The van der Waals surface area contributed by atoms with Gasteiger partial charge in [-0.05, 0) is 30.3 Å². The average Bonchev–Trinajstić information content (AvgIpc) is 3.24. The number of nitrogens with two attached hydrogens (primary N) is 1. The number of anilines is 1. The largest absolute Gasteiger partial charge is 0.450 e. The molecule has 9 nitrogen and oxygen atoms in total. The minimum Gasteiger partial charge on any atom is -0.450 e. The van der Waals surface area contributed by atoms with Crippen molar-refractivity contribution in [1.29, 1.82) is 0 Å². The highest BCUT2D eigenvalue weighted by atomic mass is 35.5. The number of amides is 1. The Morgan fingerprint density at radius 1 is 1.03 bits per heavy atom. The molecule has 0 aliphatic carbocycles. The Morgan fingerprint density at radius 2 is 1.74 bits per heavy atom. The van der Waals surface area contributed by atoms with E-state index in [2.05, 4.69) is 5.32 Å². The number of primary sulfonamides is 1. The number of hydrogen-bond acceptors (Lipinski definition) is 7. The van der Waals surface area contributed by atoms with E-state index in [9.17, 15) is 22.8 Å². The van der Waals surface area contributed by atoms with Crippen LogP contribution in [0.25, 0.3) is 0 Å². The number of nitrogens with one attached hydrogen (secondary N) is 1. The molecule has 0 fully saturated rings. The minimum atomic E-state index is -4.12. The van der Waals surface area contributed by atoms with Crippen molar-refractivity contribution in [2.45, 2.75) is 5.09 Å². The van der Waals surface area contributed by atoms with Crippen LogP contribution in [0.4, 0.5) is 5.69 Å². The summed E-state index contributed by atoms with van der Waals surface area (Å²) in [6.07, 6.45) is 0. The van der Waals surface area contributed by atoms with Crippen LogP contribution in [0, 0.1) is 0 Å². The summed E-state index contributed by atoms with van der Waals surface area (Å²) in [6, 6.07) is 14.8. The molecule has 0 radical (unpaired) electrons. The predicted octanol–water partition coefficient (Wildman–Crippen LogP) is 2.61. The van der Waals surface area contributed by atoms with Gasteiger partial charge in [-0.25, -0.2) is 18.4 Å². The number of rotatable bonds is 7. The average molecular weight is 463 g/mol. The molecule has 3 N–H and O–H groups in total. The summed E-state index contributed by atoms with van der Waals surface area (Å²) in [5, 5.41) is 7.06. The van der Waals surface area contributed by atoms with Crippen LogP contribution in [0.5, 0.6) is 0 Å². The van der Waals surface area contributed by atoms with Crippen molar-refractivity contribution in [3.63, 3.8) is 0 Å². The van der Waals surface area contributed by atoms with E-state index in [0.717, 1.165) is 12.1 Å². The van der Waals surface area contributed by atoms with Crippen molar-refractivity contribution in [2.75, 3.05) is 11.9 Å². The molecule has 3 rings (SSSR count). The zero-order valence-electron chi connectivity index (χ0n) is 15.7. The van der Waals surface area contributed by atoms with Gasteiger partial charge in [0.05, 0.1) is 5.69 Å². The normalized spacial score (nSPS) is 11.0. The number of carbonyl (C=O) groups is 3. The molecular weight excluding hydrogens is 448 g/mol. The van der Waals surface area contributed by atoms with E-state index in [1.54, 1.807) is 30.3 Å². The van der Waals surface area contributed by atoms with Gasteiger partial charge in [0.2, 0.25) is 10.9 Å². The Kier molecular flexibility index (Phi) is 6.54. The van der Waals surface area contributed by atoms with Crippen molar-refractivity contribution in [3.8, 4) is 0 Å². The zero-order chi connectivity index (χ0) is 22.6. The van der Waals surface area contributed by atoms with Gasteiger partial charge >= 0.3 is 5.97 Å². The standard InChI is InChI=1S/C20H15ClN2O7S/c21-13-6-7-15(14(10-13)19(25)12-4-2-1-3-5-12)23-17(24)11-29-20(26)16-8-9-18(30-16)31(22,27)28/h1-10H,11H2,(H,23,24)(H2,22,27,28). The van der Waals surface area contributed by atoms with Crippen LogP contribution >= 0.6 is 11.6 Å². The molecule has 2 aromatic carbocycles. The number of ether oxygens (including phenoxy) is 1. The second-order valence-corrected chi connectivity index (χ2v) is 8.10. The van der Waals surface area contributed by atoms with Crippen molar-refractivity contribution in [1.82, 2.24) is 0 Å². The van der Waals surface area contributed by atoms with Gasteiger partial charge in [-0.1, -0.05) is 41.9 Å². The lowest BCUT2D eigenvalue weighted by atomic mass is 10.0. The lowest BCUT2D eigenvalue weighted by molar-refractivity contribution is -0.119. The van der Waals surface area contributed by atoms with Crippen molar-refractivity contribution >= 4 is 45.0 Å². The molecule has 160 valence electrons. The van der Waals surface area contributed by atoms with Crippen LogP contribution in [0.2, 0.25) is 5.02 Å². The summed E-state index contributed by atoms with van der Waals surface area (Å²) >= 11 is 5.99. The number of furan rings is 1. The summed E-state index contributed by atoms with van der Waals surface area (Å²) in [7, 11) is -4.12. The highest BCUT2D eigenvalue weighted by Gasteiger charge is 2.20. The molecule has 0 unspecified atom stereocenters. The maximum absolute atomic E-state index is 12.8. The summed E-state index contributed by atoms with van der Waals surface area (Å²) in [6.45, 7) is -0.716. The highest BCUT2D eigenvalue weighted by Crippen LogP contribution is 2.24. The van der Waals surface area contributed by atoms with Gasteiger partial charge in [-0.3, -0.25) is 9.59 Å². The van der Waals surface area contributed by atoms with Gasteiger partial charge in [0.15, 0.2) is 12.4 Å². The number of benzene rings is 2. The number of sulfonamides is 1. The van der Waals surface area contributed by atoms with E-state index in [1.165, 1.54) is 18.2 Å². The Balaban J connectivity index is 1.69. The first kappa shape index (κ1) is 22.2. The molecule has 1 heterocycles. The molecule has 0 aliphatic heterocycles. The van der Waals surface area contributed by atoms with E-state index in [-0.39, 0.29) is 17.0 Å². The summed E-state index contributed by atoms with van der Waals surface area (Å²) in [5.41, 5.74) is 0.728. The molecule has 0 spiro atoms. The number of esters is 1. The molecule has 3 aromatic rings. The van der Waals surface area contributed by atoms with Crippen LogP contribution in [-0.4, -0.2) is 32.7 Å². The fourth-order valence-electron chi connectivity index (χ4n) is 2.53. The predicted molar refractivity (Wildman–Crippen MR) is 110 cm³/mol. The Hall–Kier alpha value is -3.47. The van der Waals surface area contributed by atoms with Crippen LogP contribution in [0.15, 0.2) is 70.2 Å². The third-order valence-corrected chi connectivity index (χ3v) is 4.95. The molecule has 31 heavy (non-hydrogen) atoms. The molecule has 0 aliphatic rings. The van der Waals surface area contributed by atoms with Crippen molar-refractivity contribution in [2.24, 2.45) is 5.14 Å². The van der Waals surface area contributed by atoms with Crippen molar-refractivity contribution < 1.29 is 32.0 Å². The maximum Gasteiger partial charge on any atom is 0.374 e. The monoisotopic (exact) mass is 462 g/mol. The number of halogens is 1. The van der Waals surface area contributed by atoms with E-state index in [0.29, 0.717) is 10.6 Å². The first-order valence-electron chi connectivity index (χ1n) is 8.64. The molecule has 1 amide bonds. The number of hydrogen-bond donors (Lipinski definition) is 2. The van der Waals surface area contributed by atoms with Crippen LogP contribution in [0.1, 0.15) is 26.5 Å². The molecular formula is C20H15ClN2O7S. The summed E-state index contributed by atoms with van der Waals surface area (Å²) in [4.78, 5) is 36.9. The van der Waals surface area contributed by atoms with E-state index < -0.39 is 39.4 Å². The van der Waals surface area contributed by atoms with E-state index in [4.69, 9.17) is 25.9 Å². The third kappa shape index (κ3) is 5.57. The molecule has 11 heteroatoms. The molecule has 0 saturated carbocycles. The zero-order valence-corrected chi connectivity index (χ0v) is 17.3. The first-order valence-corrected chi connectivity index (χ1v) is 10.6. The summed E-state index contributed by atoms with van der Waals surface area (Å²) in [5.74, 6) is -2.61. The lowest BCUT2D eigenvalue weighted by Crippen LogP contribution is -2.22. The van der Waals surface area contributed by atoms with Gasteiger partial charge < -0.3 is 14.5 Å². The molecule has 0 atom stereocenters. The third-order valence-electron chi connectivity index (χ3n) is 3.93. The van der Waals surface area contributed by atoms with Crippen LogP contribution in [-0.2, 0) is 19.6 Å². The fourth-order valence-corrected chi connectivity index (χ4v) is 3.17. The van der Waals surface area contributed by atoms with Gasteiger partial charge in [-0.15, -0.1) is 0 Å². The second kappa shape index (κ2) is 9.13. The maximum atomic E-state index is 12.8. The quantitative estimate of drug-likeness (QED) is 0.405. The van der Waals surface area contributed by atoms with E-state index >= 15 is 0 Å². The van der Waals surface area contributed by atoms with Gasteiger partial charge in [0.1, 0.15) is 0 Å².